The summed E-state index contributed by atoms with van der Waals surface area (Å²) in [6.07, 6.45) is 1.70. The first kappa shape index (κ1) is 14.6. The molecule has 3 aromatic rings. The highest BCUT2D eigenvalue weighted by atomic mass is 79.9. The quantitative estimate of drug-likeness (QED) is 0.598. The molecule has 0 bridgehead atoms. The molecule has 0 saturated heterocycles. The first-order valence-electron chi connectivity index (χ1n) is 6.26. The van der Waals surface area contributed by atoms with Gasteiger partial charge in [0.25, 0.3) is 0 Å². The highest BCUT2D eigenvalue weighted by molar-refractivity contribution is 9.10. The van der Waals surface area contributed by atoms with Crippen molar-refractivity contribution in [3.05, 3.63) is 69.9 Å². The summed E-state index contributed by atoms with van der Waals surface area (Å²) in [7, 11) is 0. The number of thioether (sulfide) groups is 1. The Morgan fingerprint density at radius 3 is 2.81 bits per heavy atom. The van der Waals surface area contributed by atoms with Gasteiger partial charge in [0, 0.05) is 15.2 Å². The normalized spacial score (nSPS) is 10.8. The Morgan fingerprint density at radius 2 is 2.00 bits per heavy atom. The molecule has 0 spiro atoms. The molecule has 0 aliphatic carbocycles. The molecule has 0 N–H and O–H groups in total. The van der Waals surface area contributed by atoms with Gasteiger partial charge in [-0.05, 0) is 29.8 Å². The molecule has 6 heteroatoms. The molecule has 1 aromatic heterocycles. The van der Waals surface area contributed by atoms with Crippen molar-refractivity contribution >= 4 is 39.3 Å². The molecule has 0 unspecified atom stereocenters. The van der Waals surface area contributed by atoms with Crippen molar-refractivity contribution in [2.45, 2.75) is 10.9 Å². The second kappa shape index (κ2) is 6.64. The van der Waals surface area contributed by atoms with Crippen LogP contribution in [-0.2, 0) is 5.75 Å². The second-order valence-electron chi connectivity index (χ2n) is 4.34. The molecule has 2 aromatic carbocycles. The minimum absolute atomic E-state index is 0.697. The molecule has 0 aliphatic heterocycles. The van der Waals surface area contributed by atoms with Gasteiger partial charge in [0.05, 0.1) is 5.69 Å². The van der Waals surface area contributed by atoms with Crippen molar-refractivity contribution in [3.63, 3.8) is 0 Å². The molecule has 0 amide bonds. The summed E-state index contributed by atoms with van der Waals surface area (Å²) in [6.45, 7) is 0. The SMILES string of the molecule is Clc1cccc(-n2cnnc2SCc2ccccc2Br)c1. The van der Waals surface area contributed by atoms with Crippen LogP contribution in [0.5, 0.6) is 0 Å². The summed E-state index contributed by atoms with van der Waals surface area (Å²) in [5, 5.41) is 9.72. The average molecular weight is 381 g/mol. The Balaban J connectivity index is 1.82. The molecule has 0 radical (unpaired) electrons. The van der Waals surface area contributed by atoms with Gasteiger partial charge in [-0.2, -0.15) is 0 Å². The molecule has 21 heavy (non-hydrogen) atoms. The maximum atomic E-state index is 6.04. The summed E-state index contributed by atoms with van der Waals surface area (Å²) in [6, 6.07) is 15.8. The molecule has 0 saturated carbocycles. The Kier molecular flexibility index (Phi) is 4.63. The largest absolute Gasteiger partial charge is 0.277 e. The van der Waals surface area contributed by atoms with Crippen LogP contribution in [0.25, 0.3) is 5.69 Å². The minimum Gasteiger partial charge on any atom is -0.277 e. The van der Waals surface area contributed by atoms with Crippen LogP contribution in [-0.4, -0.2) is 14.8 Å². The average Bonchev–Trinajstić information content (AvgIpc) is 2.95. The van der Waals surface area contributed by atoms with Gasteiger partial charge >= 0.3 is 0 Å². The monoisotopic (exact) mass is 379 g/mol. The lowest BCUT2D eigenvalue weighted by atomic mass is 10.2. The highest BCUT2D eigenvalue weighted by Crippen LogP contribution is 2.27. The molecule has 0 fully saturated rings. The van der Waals surface area contributed by atoms with E-state index in [0.29, 0.717) is 5.02 Å². The van der Waals surface area contributed by atoms with E-state index in [1.807, 2.05) is 47.0 Å². The molecular formula is C15H11BrClN3S. The third kappa shape index (κ3) is 3.48. The molecule has 106 valence electrons. The Bertz CT molecular complexity index is 760. The van der Waals surface area contributed by atoms with E-state index >= 15 is 0 Å². The van der Waals surface area contributed by atoms with Crippen LogP contribution < -0.4 is 0 Å². The zero-order valence-corrected chi connectivity index (χ0v) is 14.1. The van der Waals surface area contributed by atoms with E-state index < -0.39 is 0 Å². The van der Waals surface area contributed by atoms with Crippen molar-refractivity contribution in [1.29, 1.82) is 0 Å². The van der Waals surface area contributed by atoms with Crippen LogP contribution in [0.3, 0.4) is 0 Å². The summed E-state index contributed by atoms with van der Waals surface area (Å²) in [4.78, 5) is 0. The van der Waals surface area contributed by atoms with Crippen LogP contribution >= 0.6 is 39.3 Å². The summed E-state index contributed by atoms with van der Waals surface area (Å²) >= 11 is 11.2. The first-order chi connectivity index (χ1) is 10.2. The maximum Gasteiger partial charge on any atom is 0.195 e. The topological polar surface area (TPSA) is 30.7 Å². The predicted molar refractivity (Wildman–Crippen MR) is 90.1 cm³/mol. The van der Waals surface area contributed by atoms with E-state index in [0.717, 1.165) is 21.1 Å². The van der Waals surface area contributed by atoms with E-state index in [4.69, 9.17) is 11.6 Å². The maximum absolute atomic E-state index is 6.04. The molecule has 1 heterocycles. The van der Waals surface area contributed by atoms with Gasteiger partial charge in [-0.3, -0.25) is 4.57 Å². The Morgan fingerprint density at radius 1 is 1.14 bits per heavy atom. The van der Waals surface area contributed by atoms with E-state index in [-0.39, 0.29) is 0 Å². The lowest BCUT2D eigenvalue weighted by Gasteiger charge is -2.07. The van der Waals surface area contributed by atoms with Crippen molar-refractivity contribution < 1.29 is 0 Å². The zero-order valence-electron chi connectivity index (χ0n) is 10.9. The third-order valence-electron chi connectivity index (χ3n) is 2.92. The number of hydrogen-bond acceptors (Lipinski definition) is 3. The molecular weight excluding hydrogens is 370 g/mol. The number of hydrogen-bond donors (Lipinski definition) is 0. The lowest BCUT2D eigenvalue weighted by Crippen LogP contribution is -1.95. The van der Waals surface area contributed by atoms with E-state index in [9.17, 15) is 0 Å². The van der Waals surface area contributed by atoms with Crippen molar-refractivity contribution in [2.75, 3.05) is 0 Å². The summed E-state index contributed by atoms with van der Waals surface area (Å²) < 4.78 is 3.04. The van der Waals surface area contributed by atoms with E-state index in [2.05, 4.69) is 32.2 Å². The number of aromatic nitrogens is 3. The highest BCUT2D eigenvalue weighted by Gasteiger charge is 2.09. The van der Waals surface area contributed by atoms with Gasteiger partial charge in [0.2, 0.25) is 0 Å². The Labute approximate surface area is 140 Å². The van der Waals surface area contributed by atoms with Crippen molar-refractivity contribution in [1.82, 2.24) is 14.8 Å². The van der Waals surface area contributed by atoms with E-state index in [1.54, 1.807) is 18.1 Å². The van der Waals surface area contributed by atoms with Crippen molar-refractivity contribution in [2.24, 2.45) is 0 Å². The lowest BCUT2D eigenvalue weighted by molar-refractivity contribution is 0.884. The fourth-order valence-corrected chi connectivity index (χ4v) is 3.61. The number of nitrogens with zero attached hydrogens (tertiary/aromatic N) is 3. The predicted octanol–water partition coefficient (Wildman–Crippen LogP) is 4.98. The number of rotatable bonds is 4. The smallest absolute Gasteiger partial charge is 0.195 e. The van der Waals surface area contributed by atoms with Gasteiger partial charge in [-0.25, -0.2) is 0 Å². The fraction of sp³-hybridized carbons (Fsp3) is 0.0667. The zero-order chi connectivity index (χ0) is 14.7. The van der Waals surface area contributed by atoms with Crippen LogP contribution in [0.2, 0.25) is 5.02 Å². The van der Waals surface area contributed by atoms with Crippen LogP contribution in [0.15, 0.2) is 64.5 Å². The number of benzene rings is 2. The van der Waals surface area contributed by atoms with Gasteiger partial charge in [-0.1, -0.05) is 63.6 Å². The summed E-state index contributed by atoms with van der Waals surface area (Å²) in [5.41, 5.74) is 2.19. The minimum atomic E-state index is 0.697. The molecule has 3 nitrogen and oxygen atoms in total. The van der Waals surface area contributed by atoms with Gasteiger partial charge < -0.3 is 0 Å². The number of halogens is 2. The first-order valence-corrected chi connectivity index (χ1v) is 8.42. The van der Waals surface area contributed by atoms with Crippen molar-refractivity contribution in [3.8, 4) is 5.69 Å². The van der Waals surface area contributed by atoms with Gasteiger partial charge in [0.15, 0.2) is 5.16 Å². The molecule has 0 aliphatic rings. The van der Waals surface area contributed by atoms with Crippen LogP contribution in [0.4, 0.5) is 0 Å². The third-order valence-corrected chi connectivity index (χ3v) is 4.92. The van der Waals surface area contributed by atoms with Gasteiger partial charge in [0.1, 0.15) is 6.33 Å². The fourth-order valence-electron chi connectivity index (χ4n) is 1.88. The summed E-state index contributed by atoms with van der Waals surface area (Å²) in [5.74, 6) is 0.820. The standard InChI is InChI=1S/C15H11BrClN3S/c16-14-7-2-1-4-11(14)9-21-15-19-18-10-20(15)13-6-3-5-12(17)8-13/h1-8,10H,9H2. The molecule has 3 rings (SSSR count). The Hall–Kier alpha value is -1.30. The van der Waals surface area contributed by atoms with Crippen LogP contribution in [0.1, 0.15) is 5.56 Å². The van der Waals surface area contributed by atoms with E-state index in [1.165, 1.54) is 5.56 Å². The van der Waals surface area contributed by atoms with Gasteiger partial charge in [-0.15, -0.1) is 10.2 Å². The second-order valence-corrected chi connectivity index (χ2v) is 6.58. The molecule has 0 atom stereocenters. The van der Waals surface area contributed by atoms with Crippen LogP contribution in [0, 0.1) is 0 Å².